The number of nitrogens with zero attached hydrogens (tertiary/aromatic N) is 1. The molecule has 0 aliphatic heterocycles. The quantitative estimate of drug-likeness (QED) is 0.457. The molecule has 1 aromatic carbocycles. The van der Waals surface area contributed by atoms with Gasteiger partial charge in [-0.15, -0.1) is 0 Å². The van der Waals surface area contributed by atoms with E-state index in [1.807, 2.05) is 18.7 Å². The largest absolute Gasteiger partial charge is 0.350 e. The molecule has 5 nitrogen and oxygen atoms in total. The van der Waals surface area contributed by atoms with Crippen molar-refractivity contribution in [3.8, 4) is 0 Å². The lowest BCUT2D eigenvalue weighted by atomic mass is 10.1. The van der Waals surface area contributed by atoms with Crippen LogP contribution in [0.2, 0.25) is 0 Å². The number of thioether (sulfide) groups is 1. The molecule has 1 aromatic rings. The molecule has 1 unspecified atom stereocenters. The van der Waals surface area contributed by atoms with Crippen LogP contribution in [0, 0.1) is 10.1 Å². The molecule has 0 saturated carbocycles. The van der Waals surface area contributed by atoms with Crippen molar-refractivity contribution in [2.75, 3.05) is 11.5 Å². The number of benzene rings is 1. The Kier molecular flexibility index (Phi) is 7.01. The minimum atomic E-state index is -0.509. The summed E-state index contributed by atoms with van der Waals surface area (Å²) in [4.78, 5) is 22.3. The third kappa shape index (κ3) is 5.13. The van der Waals surface area contributed by atoms with Crippen LogP contribution in [0.5, 0.6) is 0 Å². The fourth-order valence-electron chi connectivity index (χ4n) is 1.58. The maximum absolute atomic E-state index is 12.1. The molecule has 7 heteroatoms. The number of non-ortho nitro benzene ring substituents is 1. The smallest absolute Gasteiger partial charge is 0.270 e. The third-order valence-electron chi connectivity index (χ3n) is 2.68. The van der Waals surface area contributed by atoms with E-state index < -0.39 is 4.92 Å². The highest BCUT2D eigenvalue weighted by Gasteiger charge is 2.16. The average molecular weight is 361 g/mol. The highest BCUT2D eigenvalue weighted by atomic mass is 79.9. The Bertz CT molecular complexity index is 497. The van der Waals surface area contributed by atoms with E-state index >= 15 is 0 Å². The fourth-order valence-corrected chi connectivity index (χ4v) is 2.81. The van der Waals surface area contributed by atoms with Crippen LogP contribution in [-0.2, 0) is 0 Å². The SMILES string of the molecule is CCSCCC(C)NC(=O)c1cc([N+](=O)[O-])ccc1Br. The van der Waals surface area contributed by atoms with Gasteiger partial charge in [0.25, 0.3) is 11.6 Å². The summed E-state index contributed by atoms with van der Waals surface area (Å²) in [5, 5.41) is 13.6. The normalized spacial score (nSPS) is 11.9. The summed E-state index contributed by atoms with van der Waals surface area (Å²) in [6.45, 7) is 4.02. The van der Waals surface area contributed by atoms with E-state index in [4.69, 9.17) is 0 Å². The summed E-state index contributed by atoms with van der Waals surface area (Å²) in [5.74, 6) is 1.74. The number of hydrogen-bond donors (Lipinski definition) is 1. The first kappa shape index (κ1) is 17.0. The Balaban J connectivity index is 2.71. The van der Waals surface area contributed by atoms with Gasteiger partial charge in [0, 0.05) is 22.6 Å². The summed E-state index contributed by atoms with van der Waals surface area (Å²) >= 11 is 5.07. The molecule has 0 spiro atoms. The maximum atomic E-state index is 12.1. The van der Waals surface area contributed by atoms with Gasteiger partial charge in [0.05, 0.1) is 10.5 Å². The molecule has 0 fully saturated rings. The maximum Gasteiger partial charge on any atom is 0.270 e. The number of halogens is 1. The predicted octanol–water partition coefficient (Wildman–Crippen LogP) is 3.62. The topological polar surface area (TPSA) is 72.2 Å². The van der Waals surface area contributed by atoms with E-state index in [0.717, 1.165) is 17.9 Å². The summed E-state index contributed by atoms with van der Waals surface area (Å²) in [6, 6.07) is 4.20. The van der Waals surface area contributed by atoms with Crippen LogP contribution >= 0.6 is 27.7 Å². The van der Waals surface area contributed by atoms with Crippen molar-refractivity contribution in [1.82, 2.24) is 5.32 Å². The van der Waals surface area contributed by atoms with Gasteiger partial charge in [0.1, 0.15) is 0 Å². The second-order valence-electron chi connectivity index (χ2n) is 4.28. The minimum absolute atomic E-state index is 0.0349. The monoisotopic (exact) mass is 360 g/mol. The van der Waals surface area contributed by atoms with Gasteiger partial charge in [-0.25, -0.2) is 0 Å². The molecule has 20 heavy (non-hydrogen) atoms. The van der Waals surface area contributed by atoms with Crippen LogP contribution in [0.25, 0.3) is 0 Å². The zero-order valence-electron chi connectivity index (χ0n) is 11.4. The van der Waals surface area contributed by atoms with Crippen LogP contribution in [0.3, 0.4) is 0 Å². The molecule has 0 bridgehead atoms. The van der Waals surface area contributed by atoms with E-state index in [-0.39, 0.29) is 23.2 Å². The number of carbonyl (C=O) groups is 1. The Morgan fingerprint density at radius 3 is 2.85 bits per heavy atom. The number of carbonyl (C=O) groups excluding carboxylic acids is 1. The lowest BCUT2D eigenvalue weighted by molar-refractivity contribution is -0.384. The highest BCUT2D eigenvalue weighted by Crippen LogP contribution is 2.22. The van der Waals surface area contributed by atoms with E-state index in [1.165, 1.54) is 18.2 Å². The Morgan fingerprint density at radius 2 is 2.25 bits per heavy atom. The number of nitro groups is 1. The lowest BCUT2D eigenvalue weighted by Crippen LogP contribution is -2.33. The highest BCUT2D eigenvalue weighted by molar-refractivity contribution is 9.10. The van der Waals surface area contributed by atoms with Gasteiger partial charge in [0.15, 0.2) is 0 Å². The first-order valence-corrected chi connectivity index (χ1v) is 8.23. The number of rotatable bonds is 7. The number of nitrogens with one attached hydrogen (secondary N) is 1. The predicted molar refractivity (Wildman–Crippen MR) is 85.3 cm³/mol. The summed E-state index contributed by atoms with van der Waals surface area (Å²) < 4.78 is 0.552. The first-order valence-electron chi connectivity index (χ1n) is 6.28. The van der Waals surface area contributed by atoms with Crippen molar-refractivity contribution in [3.05, 3.63) is 38.3 Å². The fraction of sp³-hybridized carbons (Fsp3) is 0.462. The van der Waals surface area contributed by atoms with Gasteiger partial charge in [-0.1, -0.05) is 6.92 Å². The van der Waals surface area contributed by atoms with Crippen molar-refractivity contribution < 1.29 is 9.72 Å². The summed E-state index contributed by atoms with van der Waals surface area (Å²) in [6.07, 6.45) is 0.872. The summed E-state index contributed by atoms with van der Waals surface area (Å²) in [5.41, 5.74) is 0.196. The Morgan fingerprint density at radius 1 is 1.55 bits per heavy atom. The van der Waals surface area contributed by atoms with Gasteiger partial charge >= 0.3 is 0 Å². The van der Waals surface area contributed by atoms with Crippen LogP contribution in [0.15, 0.2) is 22.7 Å². The number of nitro benzene ring substituents is 1. The molecule has 1 atom stereocenters. The number of amides is 1. The van der Waals surface area contributed by atoms with Crippen molar-refractivity contribution in [3.63, 3.8) is 0 Å². The van der Waals surface area contributed by atoms with Gasteiger partial charge < -0.3 is 5.32 Å². The molecule has 0 saturated heterocycles. The minimum Gasteiger partial charge on any atom is -0.350 e. The van der Waals surface area contributed by atoms with Crippen molar-refractivity contribution in [2.24, 2.45) is 0 Å². The third-order valence-corrected chi connectivity index (χ3v) is 4.31. The van der Waals surface area contributed by atoms with Crippen molar-refractivity contribution in [1.29, 1.82) is 0 Å². The summed E-state index contributed by atoms with van der Waals surface area (Å²) in [7, 11) is 0. The Hall–Kier alpha value is -1.08. The molecule has 0 aliphatic rings. The van der Waals surface area contributed by atoms with E-state index in [2.05, 4.69) is 28.2 Å². The second-order valence-corrected chi connectivity index (χ2v) is 6.53. The second kappa shape index (κ2) is 8.26. The van der Waals surface area contributed by atoms with E-state index in [1.54, 1.807) is 0 Å². The first-order chi connectivity index (χ1) is 9.45. The molecular formula is C13H17BrN2O3S. The molecule has 110 valence electrons. The molecule has 0 aromatic heterocycles. The molecule has 0 radical (unpaired) electrons. The van der Waals surface area contributed by atoms with Gasteiger partial charge in [-0.2, -0.15) is 11.8 Å². The van der Waals surface area contributed by atoms with Crippen LogP contribution in [0.1, 0.15) is 30.6 Å². The van der Waals surface area contributed by atoms with Gasteiger partial charge in [0.2, 0.25) is 0 Å². The zero-order valence-corrected chi connectivity index (χ0v) is 13.8. The number of hydrogen-bond acceptors (Lipinski definition) is 4. The molecule has 1 rings (SSSR count). The van der Waals surface area contributed by atoms with Crippen LogP contribution in [-0.4, -0.2) is 28.4 Å². The zero-order chi connectivity index (χ0) is 15.1. The van der Waals surface area contributed by atoms with Gasteiger partial charge in [-0.05, 0) is 46.8 Å². The lowest BCUT2D eigenvalue weighted by Gasteiger charge is -2.14. The van der Waals surface area contributed by atoms with Crippen molar-refractivity contribution in [2.45, 2.75) is 26.3 Å². The average Bonchev–Trinajstić information content (AvgIpc) is 2.39. The van der Waals surface area contributed by atoms with Crippen LogP contribution < -0.4 is 5.32 Å². The van der Waals surface area contributed by atoms with Gasteiger partial charge in [-0.3, -0.25) is 14.9 Å². The Labute approximate surface area is 130 Å². The van der Waals surface area contributed by atoms with Crippen molar-refractivity contribution >= 4 is 39.3 Å². The molecule has 0 aliphatic carbocycles. The van der Waals surface area contributed by atoms with E-state index in [9.17, 15) is 14.9 Å². The molecule has 1 N–H and O–H groups in total. The molecular weight excluding hydrogens is 344 g/mol. The van der Waals surface area contributed by atoms with E-state index in [0.29, 0.717) is 4.47 Å². The molecule has 1 amide bonds. The molecule has 0 heterocycles. The van der Waals surface area contributed by atoms with Crippen LogP contribution in [0.4, 0.5) is 5.69 Å². The standard InChI is InChI=1S/C13H17BrN2O3S/c1-3-20-7-6-9(2)15-13(17)11-8-10(16(18)19)4-5-12(11)14/h4-5,8-9H,3,6-7H2,1-2H3,(H,15,17).